The van der Waals surface area contributed by atoms with Crippen molar-refractivity contribution in [1.82, 2.24) is 5.32 Å². The number of hydrogen-bond acceptors (Lipinski definition) is 3. The molecule has 1 unspecified atom stereocenters. The van der Waals surface area contributed by atoms with Crippen molar-refractivity contribution in [3.63, 3.8) is 0 Å². The van der Waals surface area contributed by atoms with Gasteiger partial charge in [0.15, 0.2) is 0 Å². The van der Waals surface area contributed by atoms with E-state index in [9.17, 15) is 0 Å². The minimum atomic E-state index is 0.445. The number of hydrogen-bond donors (Lipinski definition) is 1. The summed E-state index contributed by atoms with van der Waals surface area (Å²) >= 11 is 7.79. The summed E-state index contributed by atoms with van der Waals surface area (Å²) in [5.41, 5.74) is 2.67. The lowest BCUT2D eigenvalue weighted by atomic mass is 10.1. The topological polar surface area (TPSA) is 21.3 Å². The van der Waals surface area contributed by atoms with Crippen molar-refractivity contribution < 1.29 is 4.74 Å². The van der Waals surface area contributed by atoms with Gasteiger partial charge in [0.05, 0.1) is 11.4 Å². The minimum absolute atomic E-state index is 0.445. The van der Waals surface area contributed by atoms with E-state index in [-0.39, 0.29) is 0 Å². The molecule has 0 radical (unpaired) electrons. The van der Waals surface area contributed by atoms with E-state index >= 15 is 0 Å². The molecule has 4 heteroatoms. The predicted molar refractivity (Wildman–Crippen MR) is 80.2 cm³/mol. The fourth-order valence-electron chi connectivity index (χ4n) is 2.53. The first-order valence-electron chi connectivity index (χ1n) is 6.40. The summed E-state index contributed by atoms with van der Waals surface area (Å²) in [4.78, 5) is 1.44. The highest BCUT2D eigenvalue weighted by molar-refractivity contribution is 7.16. The number of methoxy groups -OCH3 is 1. The smallest absolute Gasteiger partial charge is 0.118 e. The van der Waals surface area contributed by atoms with Crippen LogP contribution >= 0.6 is 22.9 Å². The van der Waals surface area contributed by atoms with Gasteiger partial charge in [-0.2, -0.15) is 0 Å². The van der Waals surface area contributed by atoms with Crippen molar-refractivity contribution in [1.29, 1.82) is 0 Å². The van der Waals surface area contributed by atoms with E-state index in [0.717, 1.165) is 23.1 Å². The van der Waals surface area contributed by atoms with Gasteiger partial charge in [-0.15, -0.1) is 11.3 Å². The Labute approximate surface area is 122 Å². The van der Waals surface area contributed by atoms with Gasteiger partial charge in [0.1, 0.15) is 5.75 Å². The Morgan fingerprint density at radius 1 is 1.37 bits per heavy atom. The maximum Gasteiger partial charge on any atom is 0.118 e. The third-order valence-corrected chi connectivity index (χ3v) is 4.90. The van der Waals surface area contributed by atoms with Gasteiger partial charge in [-0.3, -0.25) is 0 Å². The van der Waals surface area contributed by atoms with Gasteiger partial charge >= 0.3 is 0 Å². The normalized spacial score (nSPS) is 17.5. The average molecular weight is 294 g/mol. The third-order valence-electron chi connectivity index (χ3n) is 3.56. The third kappa shape index (κ3) is 2.78. The molecule has 0 bridgehead atoms. The van der Waals surface area contributed by atoms with Crippen LogP contribution < -0.4 is 10.1 Å². The Hall–Kier alpha value is -1.03. The maximum absolute atomic E-state index is 6.07. The van der Waals surface area contributed by atoms with E-state index in [1.807, 2.05) is 12.1 Å². The molecule has 0 saturated carbocycles. The minimum Gasteiger partial charge on any atom is -0.497 e. The summed E-state index contributed by atoms with van der Waals surface area (Å²) in [6.45, 7) is 0.877. The van der Waals surface area contributed by atoms with Gasteiger partial charge in [-0.1, -0.05) is 23.7 Å². The molecule has 0 spiro atoms. The molecular weight excluding hydrogens is 278 g/mol. The van der Waals surface area contributed by atoms with E-state index in [0.29, 0.717) is 6.04 Å². The molecular formula is C15H16ClNOS. The van der Waals surface area contributed by atoms with Gasteiger partial charge < -0.3 is 10.1 Å². The SMILES string of the molecule is COc1ccc(CNC2CCc3sc(Cl)cc32)cc1. The molecule has 0 aliphatic heterocycles. The van der Waals surface area contributed by atoms with Gasteiger partial charge in [0.2, 0.25) is 0 Å². The Morgan fingerprint density at radius 2 is 2.16 bits per heavy atom. The van der Waals surface area contributed by atoms with Crippen LogP contribution in [0.4, 0.5) is 0 Å². The van der Waals surface area contributed by atoms with Crippen molar-refractivity contribution in [2.75, 3.05) is 7.11 Å². The van der Waals surface area contributed by atoms with Gasteiger partial charge in [-0.25, -0.2) is 0 Å². The second kappa shape index (κ2) is 5.53. The molecule has 1 aliphatic rings. The number of rotatable bonds is 4. The molecule has 1 aliphatic carbocycles. The predicted octanol–water partition coefficient (Wildman–Crippen LogP) is 4.19. The van der Waals surface area contributed by atoms with Crippen LogP contribution in [0.1, 0.15) is 28.5 Å². The molecule has 19 heavy (non-hydrogen) atoms. The second-order valence-corrected chi connectivity index (χ2v) is 6.52. The van der Waals surface area contributed by atoms with E-state index in [4.69, 9.17) is 16.3 Å². The molecule has 0 amide bonds. The van der Waals surface area contributed by atoms with Gasteiger partial charge in [0, 0.05) is 17.5 Å². The van der Waals surface area contributed by atoms with Crippen molar-refractivity contribution in [2.45, 2.75) is 25.4 Å². The van der Waals surface area contributed by atoms with Crippen LogP contribution in [0.25, 0.3) is 0 Å². The van der Waals surface area contributed by atoms with Crippen LogP contribution in [-0.4, -0.2) is 7.11 Å². The Morgan fingerprint density at radius 3 is 2.89 bits per heavy atom. The van der Waals surface area contributed by atoms with E-state index in [1.54, 1.807) is 18.4 Å². The number of aryl methyl sites for hydroxylation is 1. The summed E-state index contributed by atoms with van der Waals surface area (Å²) < 4.78 is 6.07. The summed E-state index contributed by atoms with van der Waals surface area (Å²) in [5.74, 6) is 0.900. The van der Waals surface area contributed by atoms with E-state index in [1.165, 1.54) is 22.4 Å². The summed E-state index contributed by atoms with van der Waals surface area (Å²) in [7, 11) is 1.69. The first-order valence-corrected chi connectivity index (χ1v) is 7.60. The van der Waals surface area contributed by atoms with Crippen molar-refractivity contribution >= 4 is 22.9 Å². The van der Waals surface area contributed by atoms with Crippen molar-refractivity contribution in [3.05, 3.63) is 50.7 Å². The van der Waals surface area contributed by atoms with E-state index in [2.05, 4.69) is 23.5 Å². The standard InChI is InChI=1S/C15H16ClNOS/c1-18-11-4-2-10(3-5-11)9-17-13-6-7-14-12(13)8-15(16)19-14/h2-5,8,13,17H,6-7,9H2,1H3. The van der Waals surface area contributed by atoms with Crippen LogP contribution in [0.2, 0.25) is 4.34 Å². The Bertz CT molecular complexity index is 564. The average Bonchev–Trinajstić information content (AvgIpc) is 2.96. The molecule has 0 fully saturated rings. The van der Waals surface area contributed by atoms with Crippen LogP contribution in [0.3, 0.4) is 0 Å². The number of ether oxygens (including phenoxy) is 1. The Balaban J connectivity index is 1.63. The first kappa shape index (κ1) is 13.0. The fourth-order valence-corrected chi connectivity index (χ4v) is 3.88. The van der Waals surface area contributed by atoms with Crippen LogP contribution in [0.15, 0.2) is 30.3 Å². The molecule has 1 aromatic heterocycles. The molecule has 1 heterocycles. The van der Waals surface area contributed by atoms with E-state index < -0.39 is 0 Å². The quantitative estimate of drug-likeness (QED) is 0.913. The lowest BCUT2D eigenvalue weighted by Crippen LogP contribution is -2.18. The zero-order valence-corrected chi connectivity index (χ0v) is 12.4. The van der Waals surface area contributed by atoms with Gasteiger partial charge in [0.25, 0.3) is 0 Å². The number of benzene rings is 1. The molecule has 1 N–H and O–H groups in total. The lowest BCUT2D eigenvalue weighted by Gasteiger charge is -2.13. The monoisotopic (exact) mass is 293 g/mol. The highest BCUT2D eigenvalue weighted by Gasteiger charge is 2.24. The number of fused-ring (bicyclic) bond motifs is 1. The highest BCUT2D eigenvalue weighted by atomic mass is 35.5. The molecule has 100 valence electrons. The second-order valence-electron chi connectivity index (χ2n) is 4.75. The summed E-state index contributed by atoms with van der Waals surface area (Å²) in [5, 5.41) is 3.61. The van der Waals surface area contributed by atoms with Crippen LogP contribution in [0.5, 0.6) is 5.75 Å². The summed E-state index contributed by atoms with van der Waals surface area (Å²) in [6.07, 6.45) is 2.32. The number of thiophene rings is 1. The molecule has 0 saturated heterocycles. The zero-order valence-electron chi connectivity index (χ0n) is 10.8. The summed E-state index contributed by atoms with van der Waals surface area (Å²) in [6, 6.07) is 10.8. The lowest BCUT2D eigenvalue weighted by molar-refractivity contribution is 0.414. The zero-order chi connectivity index (χ0) is 13.2. The van der Waals surface area contributed by atoms with Crippen LogP contribution in [-0.2, 0) is 13.0 Å². The number of nitrogens with one attached hydrogen (secondary N) is 1. The van der Waals surface area contributed by atoms with Crippen molar-refractivity contribution in [3.8, 4) is 5.75 Å². The molecule has 1 atom stereocenters. The van der Waals surface area contributed by atoms with Crippen molar-refractivity contribution in [2.24, 2.45) is 0 Å². The molecule has 2 nitrogen and oxygen atoms in total. The van der Waals surface area contributed by atoms with Gasteiger partial charge in [-0.05, 0) is 42.2 Å². The highest BCUT2D eigenvalue weighted by Crippen LogP contribution is 2.39. The molecule has 2 aromatic rings. The Kier molecular flexibility index (Phi) is 3.78. The maximum atomic E-state index is 6.07. The fraction of sp³-hybridized carbons (Fsp3) is 0.333. The molecule has 3 rings (SSSR count). The first-order chi connectivity index (χ1) is 9.26. The molecule has 1 aromatic carbocycles. The number of halogens is 1. The largest absolute Gasteiger partial charge is 0.497 e. The van der Waals surface area contributed by atoms with Crippen LogP contribution in [0, 0.1) is 0 Å².